The van der Waals surface area contributed by atoms with Gasteiger partial charge in [-0.25, -0.2) is 0 Å². The first kappa shape index (κ1) is 12.0. The lowest BCUT2D eigenvalue weighted by Gasteiger charge is -2.08. The molecular weight excluding hydrogens is 356 g/mol. The molecule has 2 rings (SSSR count). The summed E-state index contributed by atoms with van der Waals surface area (Å²) in [6.07, 6.45) is 0. The third kappa shape index (κ3) is 3.03. The maximum absolute atomic E-state index is 6.06. The first-order valence-electron chi connectivity index (χ1n) is 4.63. The monoisotopic (exact) mass is 363 g/mol. The van der Waals surface area contributed by atoms with E-state index < -0.39 is 0 Å². The highest BCUT2D eigenvalue weighted by Gasteiger charge is 2.01. The Morgan fingerprint density at radius 1 is 0.938 bits per heavy atom. The van der Waals surface area contributed by atoms with E-state index in [0.717, 1.165) is 11.4 Å². The summed E-state index contributed by atoms with van der Waals surface area (Å²) >= 11 is 14.2. The van der Waals surface area contributed by atoms with Crippen molar-refractivity contribution in [1.82, 2.24) is 0 Å². The van der Waals surface area contributed by atoms with Gasteiger partial charge in [0.1, 0.15) is 0 Å². The van der Waals surface area contributed by atoms with E-state index >= 15 is 0 Å². The van der Waals surface area contributed by atoms with Crippen LogP contribution >= 0.6 is 45.8 Å². The van der Waals surface area contributed by atoms with Crippen LogP contribution < -0.4 is 5.32 Å². The number of benzene rings is 2. The Morgan fingerprint density at radius 3 is 2.25 bits per heavy atom. The molecule has 0 atom stereocenters. The molecule has 0 aliphatic carbocycles. The van der Waals surface area contributed by atoms with E-state index in [0.29, 0.717) is 10.0 Å². The fraction of sp³-hybridized carbons (Fsp3) is 0. The van der Waals surface area contributed by atoms with Crippen LogP contribution in [0.25, 0.3) is 0 Å². The van der Waals surface area contributed by atoms with E-state index in [2.05, 4.69) is 27.9 Å². The normalized spacial score (nSPS) is 10.2. The Hall–Kier alpha value is -0.450. The summed E-state index contributed by atoms with van der Waals surface area (Å²) in [5.41, 5.74) is 1.86. The minimum absolute atomic E-state index is 0.617. The van der Waals surface area contributed by atoms with Gasteiger partial charge in [0.05, 0.1) is 10.7 Å². The molecule has 0 aliphatic rings. The molecule has 0 amide bonds. The van der Waals surface area contributed by atoms with Crippen LogP contribution in [-0.4, -0.2) is 0 Å². The summed E-state index contributed by atoms with van der Waals surface area (Å²) in [5, 5.41) is 4.49. The highest BCUT2D eigenvalue weighted by Crippen LogP contribution is 2.28. The molecule has 0 aliphatic heterocycles. The van der Waals surface area contributed by atoms with E-state index in [1.165, 1.54) is 3.57 Å². The van der Waals surface area contributed by atoms with Crippen LogP contribution in [0.5, 0.6) is 0 Å². The highest BCUT2D eigenvalue weighted by atomic mass is 127. The number of anilines is 2. The van der Waals surface area contributed by atoms with Crippen molar-refractivity contribution in [2.45, 2.75) is 0 Å². The SMILES string of the molecule is Clc1ccc(Nc2ccc(I)cc2)c(Cl)c1. The van der Waals surface area contributed by atoms with E-state index in [4.69, 9.17) is 23.2 Å². The second-order valence-corrected chi connectivity index (χ2v) is 5.35. The van der Waals surface area contributed by atoms with Crippen molar-refractivity contribution in [2.75, 3.05) is 5.32 Å². The van der Waals surface area contributed by atoms with Crippen LogP contribution in [0.1, 0.15) is 0 Å². The minimum atomic E-state index is 0.617. The average Bonchev–Trinajstić information content (AvgIpc) is 2.25. The molecule has 16 heavy (non-hydrogen) atoms. The first-order valence-corrected chi connectivity index (χ1v) is 6.46. The summed E-state index contributed by atoms with van der Waals surface area (Å²) in [6.45, 7) is 0. The standard InChI is InChI=1S/C12H8Cl2IN/c13-8-1-6-12(11(14)7-8)16-10-4-2-9(15)3-5-10/h1-7,16H. The Balaban J connectivity index is 2.23. The van der Waals surface area contributed by atoms with Gasteiger partial charge in [0.2, 0.25) is 0 Å². The summed E-state index contributed by atoms with van der Waals surface area (Å²) < 4.78 is 1.20. The zero-order valence-corrected chi connectivity index (χ0v) is 11.8. The summed E-state index contributed by atoms with van der Waals surface area (Å²) in [4.78, 5) is 0. The van der Waals surface area contributed by atoms with E-state index in [1.807, 2.05) is 36.4 Å². The number of rotatable bonds is 2. The van der Waals surface area contributed by atoms with Gasteiger partial charge >= 0.3 is 0 Å². The molecular formula is C12H8Cl2IN. The number of hydrogen-bond acceptors (Lipinski definition) is 1. The number of halogens is 3. The average molecular weight is 364 g/mol. The van der Waals surface area contributed by atoms with Crippen molar-refractivity contribution >= 4 is 57.2 Å². The van der Waals surface area contributed by atoms with Gasteiger partial charge in [-0.3, -0.25) is 0 Å². The summed E-state index contributed by atoms with van der Waals surface area (Å²) in [6, 6.07) is 13.5. The van der Waals surface area contributed by atoms with Gasteiger partial charge < -0.3 is 5.32 Å². The zero-order valence-electron chi connectivity index (χ0n) is 8.18. The van der Waals surface area contributed by atoms with Gasteiger partial charge in [-0.05, 0) is 65.1 Å². The molecule has 1 N–H and O–H groups in total. The fourth-order valence-electron chi connectivity index (χ4n) is 1.28. The van der Waals surface area contributed by atoms with Gasteiger partial charge in [0, 0.05) is 14.3 Å². The molecule has 4 heteroatoms. The molecule has 0 spiro atoms. The smallest absolute Gasteiger partial charge is 0.0655 e. The topological polar surface area (TPSA) is 12.0 Å². The third-order valence-electron chi connectivity index (χ3n) is 2.05. The molecule has 0 radical (unpaired) electrons. The van der Waals surface area contributed by atoms with Crippen molar-refractivity contribution in [3.05, 3.63) is 56.1 Å². The van der Waals surface area contributed by atoms with Crippen LogP contribution in [0.4, 0.5) is 11.4 Å². The van der Waals surface area contributed by atoms with Crippen LogP contribution in [-0.2, 0) is 0 Å². The maximum atomic E-state index is 6.06. The molecule has 0 saturated carbocycles. The predicted octanol–water partition coefficient (Wildman–Crippen LogP) is 5.34. The van der Waals surface area contributed by atoms with E-state index in [1.54, 1.807) is 6.07 Å². The van der Waals surface area contributed by atoms with Crippen LogP contribution in [0, 0.1) is 3.57 Å². The molecule has 2 aromatic rings. The van der Waals surface area contributed by atoms with Crippen molar-refractivity contribution < 1.29 is 0 Å². The van der Waals surface area contributed by atoms with Crippen LogP contribution in [0.2, 0.25) is 10.0 Å². The molecule has 1 nitrogen and oxygen atoms in total. The zero-order chi connectivity index (χ0) is 11.5. The van der Waals surface area contributed by atoms with Crippen molar-refractivity contribution in [3.63, 3.8) is 0 Å². The van der Waals surface area contributed by atoms with Gasteiger partial charge in [0.15, 0.2) is 0 Å². The van der Waals surface area contributed by atoms with Crippen molar-refractivity contribution in [1.29, 1.82) is 0 Å². The Morgan fingerprint density at radius 2 is 1.62 bits per heavy atom. The molecule has 0 bridgehead atoms. The molecule has 82 valence electrons. The first-order chi connectivity index (χ1) is 7.65. The van der Waals surface area contributed by atoms with Crippen LogP contribution in [0.15, 0.2) is 42.5 Å². The van der Waals surface area contributed by atoms with Gasteiger partial charge in [-0.1, -0.05) is 23.2 Å². The molecule has 0 saturated heterocycles. The van der Waals surface area contributed by atoms with Crippen molar-refractivity contribution in [2.24, 2.45) is 0 Å². The van der Waals surface area contributed by atoms with Crippen molar-refractivity contribution in [3.8, 4) is 0 Å². The maximum Gasteiger partial charge on any atom is 0.0655 e. The second kappa shape index (κ2) is 5.25. The molecule has 0 aromatic heterocycles. The molecule has 0 unspecified atom stereocenters. The van der Waals surface area contributed by atoms with Gasteiger partial charge in [-0.2, -0.15) is 0 Å². The summed E-state index contributed by atoms with van der Waals surface area (Å²) in [7, 11) is 0. The summed E-state index contributed by atoms with van der Waals surface area (Å²) in [5.74, 6) is 0. The Kier molecular flexibility index (Phi) is 3.95. The second-order valence-electron chi connectivity index (χ2n) is 3.26. The highest BCUT2D eigenvalue weighted by molar-refractivity contribution is 14.1. The third-order valence-corrected chi connectivity index (χ3v) is 3.32. The quantitative estimate of drug-likeness (QED) is 0.710. The predicted molar refractivity (Wildman–Crippen MR) is 78.9 cm³/mol. The number of hydrogen-bond donors (Lipinski definition) is 1. The lowest BCUT2D eigenvalue weighted by molar-refractivity contribution is 1.53. The van der Waals surface area contributed by atoms with E-state index in [-0.39, 0.29) is 0 Å². The molecule has 0 fully saturated rings. The van der Waals surface area contributed by atoms with E-state index in [9.17, 15) is 0 Å². The Labute approximate surface area is 118 Å². The fourth-order valence-corrected chi connectivity index (χ4v) is 2.09. The lowest BCUT2D eigenvalue weighted by atomic mass is 10.2. The molecule has 2 aromatic carbocycles. The van der Waals surface area contributed by atoms with Gasteiger partial charge in [0.25, 0.3) is 0 Å². The van der Waals surface area contributed by atoms with Crippen LogP contribution in [0.3, 0.4) is 0 Å². The lowest BCUT2D eigenvalue weighted by Crippen LogP contribution is -1.90. The van der Waals surface area contributed by atoms with Gasteiger partial charge in [-0.15, -0.1) is 0 Å². The number of nitrogens with one attached hydrogen (secondary N) is 1. The Bertz CT molecular complexity index is 497. The molecule has 0 heterocycles. The largest absolute Gasteiger partial charge is 0.354 e. The minimum Gasteiger partial charge on any atom is -0.354 e.